The van der Waals surface area contributed by atoms with Crippen molar-refractivity contribution < 1.29 is 9.53 Å². The van der Waals surface area contributed by atoms with Crippen molar-refractivity contribution in [2.75, 3.05) is 25.1 Å². The maximum Gasteiger partial charge on any atom is 0.250 e. The van der Waals surface area contributed by atoms with E-state index in [0.717, 1.165) is 23.1 Å². The van der Waals surface area contributed by atoms with Gasteiger partial charge in [-0.15, -0.1) is 0 Å². The summed E-state index contributed by atoms with van der Waals surface area (Å²) < 4.78 is 6.43. The van der Waals surface area contributed by atoms with E-state index in [9.17, 15) is 4.79 Å². The average Bonchev–Trinajstić information content (AvgIpc) is 2.47. The smallest absolute Gasteiger partial charge is 0.250 e. The Morgan fingerprint density at radius 3 is 2.85 bits per heavy atom. The second-order valence-electron chi connectivity index (χ2n) is 5.04. The lowest BCUT2D eigenvalue weighted by Crippen LogP contribution is -2.35. The average molecular weight is 341 g/mol. The van der Waals surface area contributed by atoms with Gasteiger partial charge in [-0.1, -0.05) is 22.4 Å². The second-order valence-corrected chi connectivity index (χ2v) is 5.96. The number of amides is 1. The molecule has 1 amide bonds. The van der Waals surface area contributed by atoms with Crippen LogP contribution in [0, 0.1) is 0 Å². The number of benzene rings is 1. The number of piperidine rings is 1. The third-order valence-electron chi connectivity index (χ3n) is 3.38. The van der Waals surface area contributed by atoms with E-state index in [1.807, 2.05) is 24.3 Å². The van der Waals surface area contributed by atoms with Crippen LogP contribution >= 0.6 is 15.9 Å². The van der Waals surface area contributed by atoms with Gasteiger partial charge >= 0.3 is 0 Å². The predicted molar refractivity (Wildman–Crippen MR) is 83.8 cm³/mol. The molecule has 1 fully saturated rings. The van der Waals surface area contributed by atoms with Crippen LogP contribution in [-0.4, -0.2) is 31.7 Å². The van der Waals surface area contributed by atoms with E-state index >= 15 is 0 Å². The molecule has 0 saturated carbocycles. The van der Waals surface area contributed by atoms with Crippen LogP contribution < -0.4 is 10.6 Å². The van der Waals surface area contributed by atoms with Gasteiger partial charge in [0, 0.05) is 22.8 Å². The van der Waals surface area contributed by atoms with E-state index in [-0.39, 0.29) is 12.5 Å². The number of rotatable bonds is 6. The van der Waals surface area contributed by atoms with Gasteiger partial charge in [0.05, 0.1) is 0 Å². The highest BCUT2D eigenvalue weighted by atomic mass is 79.9. The van der Waals surface area contributed by atoms with E-state index in [2.05, 4.69) is 26.6 Å². The maximum atomic E-state index is 11.7. The van der Waals surface area contributed by atoms with Crippen LogP contribution in [-0.2, 0) is 9.53 Å². The van der Waals surface area contributed by atoms with Gasteiger partial charge in [-0.25, -0.2) is 0 Å². The normalized spacial score (nSPS) is 18.8. The molecule has 0 aliphatic carbocycles. The first-order valence-electron chi connectivity index (χ1n) is 7.10. The molecule has 0 radical (unpaired) electrons. The highest BCUT2D eigenvalue weighted by Crippen LogP contribution is 2.14. The standard InChI is InChI=1S/C15H21BrN2O2/c16-12-4-6-14(7-5-12)18-15(19)11-20-10-8-13-3-1-2-9-17-13/h4-7,13,17H,1-3,8-11H2,(H,18,19). The lowest BCUT2D eigenvalue weighted by atomic mass is 10.0. The van der Waals surface area contributed by atoms with Gasteiger partial charge in [-0.05, 0) is 50.1 Å². The van der Waals surface area contributed by atoms with Crippen LogP contribution in [0.25, 0.3) is 0 Å². The van der Waals surface area contributed by atoms with E-state index in [0.29, 0.717) is 12.6 Å². The summed E-state index contributed by atoms with van der Waals surface area (Å²) in [6, 6.07) is 8.05. The molecular formula is C15H21BrN2O2. The molecule has 0 aromatic heterocycles. The fourth-order valence-electron chi connectivity index (χ4n) is 2.29. The Kier molecular flexibility index (Phi) is 6.50. The monoisotopic (exact) mass is 340 g/mol. The van der Waals surface area contributed by atoms with Crippen molar-refractivity contribution in [1.82, 2.24) is 5.32 Å². The number of anilines is 1. The highest BCUT2D eigenvalue weighted by molar-refractivity contribution is 9.10. The summed E-state index contributed by atoms with van der Waals surface area (Å²) in [6.45, 7) is 1.85. The first-order valence-corrected chi connectivity index (χ1v) is 7.90. The largest absolute Gasteiger partial charge is 0.372 e. The summed E-state index contributed by atoms with van der Waals surface area (Å²) in [6.07, 6.45) is 4.76. The fraction of sp³-hybridized carbons (Fsp3) is 0.533. The Labute approximate surface area is 128 Å². The zero-order valence-corrected chi connectivity index (χ0v) is 13.1. The lowest BCUT2D eigenvalue weighted by molar-refractivity contribution is -0.120. The molecule has 0 bridgehead atoms. The summed E-state index contributed by atoms with van der Waals surface area (Å²) in [5, 5.41) is 6.27. The summed E-state index contributed by atoms with van der Waals surface area (Å²) in [5.41, 5.74) is 0.788. The molecule has 1 saturated heterocycles. The zero-order valence-electron chi connectivity index (χ0n) is 11.5. The van der Waals surface area contributed by atoms with Crippen LogP contribution in [0.1, 0.15) is 25.7 Å². The molecule has 5 heteroatoms. The number of carbonyl (C=O) groups is 1. The van der Waals surface area contributed by atoms with Crippen LogP contribution in [0.2, 0.25) is 0 Å². The van der Waals surface area contributed by atoms with Crippen molar-refractivity contribution in [2.24, 2.45) is 0 Å². The molecular weight excluding hydrogens is 320 g/mol. The number of hydrogen-bond donors (Lipinski definition) is 2. The first-order chi connectivity index (χ1) is 9.74. The third-order valence-corrected chi connectivity index (χ3v) is 3.91. The highest BCUT2D eigenvalue weighted by Gasteiger charge is 2.12. The van der Waals surface area contributed by atoms with Crippen molar-refractivity contribution >= 4 is 27.5 Å². The maximum absolute atomic E-state index is 11.7. The summed E-state index contributed by atoms with van der Waals surface area (Å²) >= 11 is 3.36. The number of carbonyl (C=O) groups excluding carboxylic acids is 1. The van der Waals surface area contributed by atoms with Crippen molar-refractivity contribution in [3.05, 3.63) is 28.7 Å². The topological polar surface area (TPSA) is 50.4 Å². The predicted octanol–water partition coefficient (Wildman–Crippen LogP) is 2.94. The molecule has 0 spiro atoms. The molecule has 1 unspecified atom stereocenters. The van der Waals surface area contributed by atoms with E-state index in [1.54, 1.807) is 0 Å². The second kappa shape index (κ2) is 8.39. The van der Waals surface area contributed by atoms with E-state index in [4.69, 9.17) is 4.74 Å². The Hall–Kier alpha value is -0.910. The van der Waals surface area contributed by atoms with Gasteiger partial charge in [0.2, 0.25) is 5.91 Å². The molecule has 1 aliphatic rings. The van der Waals surface area contributed by atoms with Crippen LogP contribution in [0.5, 0.6) is 0 Å². The van der Waals surface area contributed by atoms with E-state index in [1.165, 1.54) is 19.3 Å². The minimum Gasteiger partial charge on any atom is -0.372 e. The summed E-state index contributed by atoms with van der Waals surface area (Å²) in [7, 11) is 0. The molecule has 2 rings (SSSR count). The van der Waals surface area contributed by atoms with E-state index < -0.39 is 0 Å². The van der Waals surface area contributed by atoms with Crippen molar-refractivity contribution in [3.63, 3.8) is 0 Å². The first kappa shape index (κ1) is 15.5. The minimum absolute atomic E-state index is 0.107. The Morgan fingerprint density at radius 2 is 2.15 bits per heavy atom. The fourth-order valence-corrected chi connectivity index (χ4v) is 2.56. The summed E-state index contributed by atoms with van der Waals surface area (Å²) in [4.78, 5) is 11.7. The molecule has 110 valence electrons. The van der Waals surface area contributed by atoms with Gasteiger partial charge in [0.25, 0.3) is 0 Å². The minimum atomic E-state index is -0.107. The van der Waals surface area contributed by atoms with Gasteiger partial charge in [-0.3, -0.25) is 4.79 Å². The molecule has 4 nitrogen and oxygen atoms in total. The van der Waals surface area contributed by atoms with Crippen LogP contribution in [0.4, 0.5) is 5.69 Å². The van der Waals surface area contributed by atoms with Crippen LogP contribution in [0.15, 0.2) is 28.7 Å². The molecule has 20 heavy (non-hydrogen) atoms. The number of hydrogen-bond acceptors (Lipinski definition) is 3. The molecule has 2 N–H and O–H groups in total. The number of nitrogens with one attached hydrogen (secondary N) is 2. The van der Waals surface area contributed by atoms with Gasteiger partial charge in [0.1, 0.15) is 6.61 Å². The third kappa shape index (κ3) is 5.61. The van der Waals surface area contributed by atoms with Crippen molar-refractivity contribution in [2.45, 2.75) is 31.7 Å². The number of halogens is 1. The molecule has 1 aromatic carbocycles. The van der Waals surface area contributed by atoms with Gasteiger partial charge < -0.3 is 15.4 Å². The van der Waals surface area contributed by atoms with Crippen LogP contribution in [0.3, 0.4) is 0 Å². The van der Waals surface area contributed by atoms with Gasteiger partial charge in [0.15, 0.2) is 0 Å². The Morgan fingerprint density at radius 1 is 1.35 bits per heavy atom. The van der Waals surface area contributed by atoms with Crippen molar-refractivity contribution in [3.8, 4) is 0 Å². The quantitative estimate of drug-likeness (QED) is 0.783. The SMILES string of the molecule is O=C(COCCC1CCCCN1)Nc1ccc(Br)cc1. The molecule has 1 heterocycles. The zero-order chi connectivity index (χ0) is 14.2. The van der Waals surface area contributed by atoms with Gasteiger partial charge in [-0.2, -0.15) is 0 Å². The van der Waals surface area contributed by atoms with Crippen molar-refractivity contribution in [1.29, 1.82) is 0 Å². The summed E-state index contributed by atoms with van der Waals surface area (Å²) in [5.74, 6) is -0.107. The molecule has 1 atom stereocenters. The Balaban J connectivity index is 1.59. The molecule has 1 aliphatic heterocycles. The lowest BCUT2D eigenvalue weighted by Gasteiger charge is -2.23. The Bertz CT molecular complexity index is 416. The molecule has 1 aromatic rings. The number of ether oxygens (including phenoxy) is 1.